The molecule has 0 aromatic heterocycles. The zero-order chi connectivity index (χ0) is 8.69. The van der Waals surface area contributed by atoms with Crippen molar-refractivity contribution in [2.45, 2.75) is 20.3 Å². The molecule has 0 heterocycles. The Hall–Kier alpha value is -0.300. The Morgan fingerprint density at radius 2 is 2.27 bits per heavy atom. The van der Waals surface area contributed by atoms with Gasteiger partial charge in [0.15, 0.2) is 0 Å². The third-order valence-corrected chi connectivity index (χ3v) is 1.64. The van der Waals surface area contributed by atoms with Gasteiger partial charge in [-0.15, -0.1) is 6.58 Å². The molecule has 0 N–H and O–H groups in total. The molecule has 11 heavy (non-hydrogen) atoms. The van der Waals surface area contributed by atoms with Crippen molar-refractivity contribution in [3.63, 3.8) is 0 Å². The van der Waals surface area contributed by atoms with Gasteiger partial charge < -0.3 is 0 Å². The lowest BCUT2D eigenvalue weighted by molar-refractivity contribution is 0.746. The molecule has 0 bridgehead atoms. The smallest absolute Gasteiger partial charge is 0.00805 e. The van der Waals surface area contributed by atoms with Gasteiger partial charge in [-0.25, -0.2) is 0 Å². The van der Waals surface area contributed by atoms with E-state index in [0.717, 1.165) is 10.9 Å². The number of halogens is 1. The summed E-state index contributed by atoms with van der Waals surface area (Å²) in [4.78, 5) is 0. The van der Waals surface area contributed by atoms with Crippen LogP contribution in [0.3, 0.4) is 0 Å². The highest BCUT2D eigenvalue weighted by Gasteiger charge is 1.88. The summed E-state index contributed by atoms with van der Waals surface area (Å²) in [5.41, 5.74) is 0. The first-order chi connectivity index (χ1) is 5.16. The van der Waals surface area contributed by atoms with Crippen molar-refractivity contribution in [3.8, 4) is 0 Å². The molecular weight excluding hydrogens is 200 g/mol. The SMILES string of the molecule is C=CC(C)C/C=C\C=C(/C)Br. The Morgan fingerprint density at radius 1 is 1.64 bits per heavy atom. The lowest BCUT2D eigenvalue weighted by Crippen LogP contribution is -1.83. The van der Waals surface area contributed by atoms with Gasteiger partial charge in [0, 0.05) is 0 Å². The molecule has 1 heteroatoms. The highest BCUT2D eigenvalue weighted by Crippen LogP contribution is 2.05. The quantitative estimate of drug-likeness (QED) is 0.490. The minimum Gasteiger partial charge on any atom is -0.103 e. The predicted molar refractivity (Wildman–Crippen MR) is 55.8 cm³/mol. The van der Waals surface area contributed by atoms with E-state index in [1.807, 2.05) is 19.1 Å². The largest absolute Gasteiger partial charge is 0.103 e. The average molecular weight is 215 g/mol. The highest BCUT2D eigenvalue weighted by molar-refractivity contribution is 9.11. The minimum atomic E-state index is 0.579. The number of hydrogen-bond donors (Lipinski definition) is 0. The van der Waals surface area contributed by atoms with Gasteiger partial charge in [0.1, 0.15) is 0 Å². The van der Waals surface area contributed by atoms with Crippen LogP contribution in [0, 0.1) is 5.92 Å². The lowest BCUT2D eigenvalue weighted by Gasteiger charge is -1.97. The summed E-state index contributed by atoms with van der Waals surface area (Å²) in [7, 11) is 0. The minimum absolute atomic E-state index is 0.579. The molecule has 0 aliphatic heterocycles. The van der Waals surface area contributed by atoms with Crippen molar-refractivity contribution >= 4 is 15.9 Å². The van der Waals surface area contributed by atoms with Gasteiger partial charge in [-0.1, -0.05) is 47.2 Å². The van der Waals surface area contributed by atoms with Crippen molar-refractivity contribution in [1.29, 1.82) is 0 Å². The summed E-state index contributed by atoms with van der Waals surface area (Å²) in [6, 6.07) is 0. The van der Waals surface area contributed by atoms with Gasteiger partial charge in [0.05, 0.1) is 0 Å². The first kappa shape index (κ1) is 10.7. The third kappa shape index (κ3) is 7.60. The molecule has 0 amide bonds. The van der Waals surface area contributed by atoms with E-state index in [0.29, 0.717) is 5.92 Å². The lowest BCUT2D eigenvalue weighted by atomic mass is 10.1. The molecule has 1 unspecified atom stereocenters. The number of hydrogen-bond acceptors (Lipinski definition) is 0. The molecule has 0 spiro atoms. The van der Waals surface area contributed by atoms with Gasteiger partial charge >= 0.3 is 0 Å². The van der Waals surface area contributed by atoms with Gasteiger partial charge in [0.25, 0.3) is 0 Å². The van der Waals surface area contributed by atoms with Crippen LogP contribution in [0.1, 0.15) is 20.3 Å². The molecule has 0 aliphatic carbocycles. The highest BCUT2D eigenvalue weighted by atomic mass is 79.9. The van der Waals surface area contributed by atoms with E-state index < -0.39 is 0 Å². The van der Waals surface area contributed by atoms with Gasteiger partial charge in [-0.3, -0.25) is 0 Å². The zero-order valence-corrected chi connectivity index (χ0v) is 8.76. The van der Waals surface area contributed by atoms with Crippen molar-refractivity contribution in [3.05, 3.63) is 35.4 Å². The number of allylic oxidation sites excluding steroid dienone is 5. The standard InChI is InChI=1S/C10H15Br/c1-4-9(2)7-5-6-8-10(3)11/h4-6,8-9H,1,7H2,2-3H3/b6-5-,10-8+. The van der Waals surface area contributed by atoms with Gasteiger partial charge in [0.2, 0.25) is 0 Å². The van der Waals surface area contributed by atoms with Crippen molar-refractivity contribution < 1.29 is 0 Å². The van der Waals surface area contributed by atoms with E-state index in [2.05, 4.69) is 41.6 Å². The summed E-state index contributed by atoms with van der Waals surface area (Å²) >= 11 is 3.35. The Kier molecular flexibility index (Phi) is 6.24. The molecule has 0 saturated heterocycles. The molecule has 0 saturated carbocycles. The fourth-order valence-electron chi connectivity index (χ4n) is 0.590. The normalized spacial score (nSPS) is 15.4. The fourth-order valence-corrected chi connectivity index (χ4v) is 0.743. The van der Waals surface area contributed by atoms with E-state index >= 15 is 0 Å². The van der Waals surface area contributed by atoms with E-state index in [-0.39, 0.29) is 0 Å². The molecule has 0 aromatic carbocycles. The Bertz CT molecular complexity index is 162. The van der Waals surface area contributed by atoms with Crippen LogP contribution < -0.4 is 0 Å². The first-order valence-corrected chi connectivity index (χ1v) is 4.57. The van der Waals surface area contributed by atoms with E-state index in [1.54, 1.807) is 0 Å². The van der Waals surface area contributed by atoms with Crippen LogP contribution in [0.2, 0.25) is 0 Å². The third-order valence-electron chi connectivity index (χ3n) is 1.37. The van der Waals surface area contributed by atoms with Crippen LogP contribution in [-0.2, 0) is 0 Å². The number of rotatable bonds is 4. The van der Waals surface area contributed by atoms with Crippen LogP contribution in [-0.4, -0.2) is 0 Å². The second kappa shape index (κ2) is 6.41. The Labute approximate surface area is 77.8 Å². The van der Waals surface area contributed by atoms with E-state index in [4.69, 9.17) is 0 Å². The molecular formula is C10H15Br. The fraction of sp³-hybridized carbons (Fsp3) is 0.400. The van der Waals surface area contributed by atoms with Crippen molar-refractivity contribution in [2.75, 3.05) is 0 Å². The molecule has 0 rings (SSSR count). The Morgan fingerprint density at radius 3 is 2.73 bits per heavy atom. The van der Waals surface area contributed by atoms with Crippen molar-refractivity contribution in [2.24, 2.45) is 5.92 Å². The van der Waals surface area contributed by atoms with Crippen molar-refractivity contribution in [1.82, 2.24) is 0 Å². The summed E-state index contributed by atoms with van der Waals surface area (Å²) in [5, 5.41) is 0. The van der Waals surface area contributed by atoms with Crippen LogP contribution in [0.4, 0.5) is 0 Å². The zero-order valence-electron chi connectivity index (χ0n) is 7.18. The monoisotopic (exact) mass is 214 g/mol. The molecule has 0 fully saturated rings. The van der Waals surface area contributed by atoms with E-state index in [1.165, 1.54) is 0 Å². The molecule has 0 aliphatic rings. The summed E-state index contributed by atoms with van der Waals surface area (Å²) in [6.45, 7) is 7.89. The van der Waals surface area contributed by atoms with Gasteiger partial charge in [-0.05, 0) is 23.7 Å². The van der Waals surface area contributed by atoms with Crippen LogP contribution in [0.5, 0.6) is 0 Å². The van der Waals surface area contributed by atoms with E-state index in [9.17, 15) is 0 Å². The topological polar surface area (TPSA) is 0 Å². The molecule has 0 aromatic rings. The van der Waals surface area contributed by atoms with Crippen LogP contribution >= 0.6 is 15.9 Å². The molecule has 0 nitrogen and oxygen atoms in total. The molecule has 1 atom stereocenters. The van der Waals surface area contributed by atoms with Gasteiger partial charge in [-0.2, -0.15) is 0 Å². The Balaban J connectivity index is 3.61. The van der Waals surface area contributed by atoms with Crippen LogP contribution in [0.15, 0.2) is 35.4 Å². The summed E-state index contributed by atoms with van der Waals surface area (Å²) < 4.78 is 1.15. The maximum Gasteiger partial charge on any atom is -0.00805 e. The first-order valence-electron chi connectivity index (χ1n) is 3.78. The average Bonchev–Trinajstić information content (AvgIpc) is 1.97. The molecule has 0 radical (unpaired) electrons. The maximum atomic E-state index is 3.72. The summed E-state index contributed by atoms with van der Waals surface area (Å²) in [5.74, 6) is 0.579. The summed E-state index contributed by atoms with van der Waals surface area (Å²) in [6.07, 6.45) is 9.28. The maximum absolute atomic E-state index is 3.72. The van der Waals surface area contributed by atoms with Crippen LogP contribution in [0.25, 0.3) is 0 Å². The second-order valence-corrected chi connectivity index (χ2v) is 3.88. The second-order valence-electron chi connectivity index (χ2n) is 2.63. The predicted octanol–water partition coefficient (Wildman–Crippen LogP) is 4.05. The molecule has 62 valence electrons.